The quantitative estimate of drug-likeness (QED) is 0.363. The summed E-state index contributed by atoms with van der Waals surface area (Å²) in [5, 5.41) is 14.5. The third-order valence-electron chi connectivity index (χ3n) is 4.82. The first-order valence-corrected chi connectivity index (χ1v) is 11.7. The summed E-state index contributed by atoms with van der Waals surface area (Å²) in [7, 11) is -4.14. The number of hydrogen-bond donors (Lipinski definition) is 4. The van der Waals surface area contributed by atoms with Gasteiger partial charge in [0, 0.05) is 19.5 Å². The molecule has 4 N–H and O–H groups in total. The van der Waals surface area contributed by atoms with Gasteiger partial charge in [-0.25, -0.2) is 13.2 Å². The van der Waals surface area contributed by atoms with Crippen molar-refractivity contribution >= 4 is 28.0 Å². The molecular formula is C22H27N3O7S. The maximum absolute atomic E-state index is 12.6. The van der Waals surface area contributed by atoms with Crippen molar-refractivity contribution in [2.75, 3.05) is 13.1 Å². The summed E-state index contributed by atoms with van der Waals surface area (Å²) in [5.41, 5.74) is -1.13. The summed E-state index contributed by atoms with van der Waals surface area (Å²) in [4.78, 5) is 35.7. The monoisotopic (exact) mass is 477 g/mol. The molecular weight excluding hydrogens is 450 g/mol. The van der Waals surface area contributed by atoms with E-state index in [0.29, 0.717) is 0 Å². The van der Waals surface area contributed by atoms with E-state index in [9.17, 15) is 27.9 Å². The van der Waals surface area contributed by atoms with Crippen LogP contribution in [-0.4, -0.2) is 50.1 Å². The van der Waals surface area contributed by atoms with Crippen molar-refractivity contribution in [2.45, 2.75) is 36.8 Å². The van der Waals surface area contributed by atoms with Crippen LogP contribution in [-0.2, 0) is 31.0 Å². The number of carboxylic acids is 1. The third-order valence-corrected chi connectivity index (χ3v) is 6.37. The van der Waals surface area contributed by atoms with Crippen LogP contribution in [0.25, 0.3) is 0 Å². The minimum absolute atomic E-state index is 0.0403. The first-order chi connectivity index (χ1) is 15.7. The van der Waals surface area contributed by atoms with E-state index in [1.165, 1.54) is 31.2 Å². The number of carbonyl (C=O) groups is 3. The number of amides is 2. The maximum atomic E-state index is 12.6. The Morgan fingerprint density at radius 2 is 1.58 bits per heavy atom. The van der Waals surface area contributed by atoms with E-state index >= 15 is 0 Å². The fraction of sp³-hybridized carbons (Fsp3) is 0.318. The lowest BCUT2D eigenvalue weighted by molar-refractivity contribution is -0.144. The molecule has 0 saturated carbocycles. The van der Waals surface area contributed by atoms with Crippen molar-refractivity contribution in [2.24, 2.45) is 0 Å². The Kier molecular flexibility index (Phi) is 9.37. The third kappa shape index (κ3) is 7.88. The largest absolute Gasteiger partial charge is 0.480 e. The smallest absolute Gasteiger partial charge is 0.407 e. The highest BCUT2D eigenvalue weighted by atomic mass is 32.2. The van der Waals surface area contributed by atoms with Crippen molar-refractivity contribution in [3.63, 3.8) is 0 Å². The number of alkyl carbamates (subject to hydrolysis) is 1. The van der Waals surface area contributed by atoms with E-state index in [1.54, 1.807) is 18.2 Å². The lowest BCUT2D eigenvalue weighted by Gasteiger charge is -2.29. The van der Waals surface area contributed by atoms with Crippen molar-refractivity contribution in [3.8, 4) is 0 Å². The predicted molar refractivity (Wildman–Crippen MR) is 120 cm³/mol. The lowest BCUT2D eigenvalue weighted by Crippen LogP contribution is -2.60. The normalized spacial score (nSPS) is 12.9. The minimum atomic E-state index is -4.14. The van der Waals surface area contributed by atoms with Crippen LogP contribution in [0.3, 0.4) is 0 Å². The molecule has 2 rings (SSSR count). The molecule has 11 heteroatoms. The average Bonchev–Trinajstić information content (AvgIpc) is 2.81. The van der Waals surface area contributed by atoms with E-state index < -0.39 is 40.1 Å². The molecule has 178 valence electrons. The Hall–Kier alpha value is -3.44. The van der Waals surface area contributed by atoms with Gasteiger partial charge in [-0.05, 0) is 24.1 Å². The van der Waals surface area contributed by atoms with Crippen molar-refractivity contribution < 1.29 is 32.6 Å². The molecule has 0 radical (unpaired) electrons. The van der Waals surface area contributed by atoms with Crippen LogP contribution in [0.15, 0.2) is 65.6 Å². The summed E-state index contributed by atoms with van der Waals surface area (Å²) >= 11 is 0. The highest BCUT2D eigenvalue weighted by Gasteiger charge is 2.41. The summed E-state index contributed by atoms with van der Waals surface area (Å²) in [6.07, 6.45) is -0.958. The van der Waals surface area contributed by atoms with E-state index in [1.807, 2.05) is 18.2 Å². The van der Waals surface area contributed by atoms with Gasteiger partial charge in [-0.1, -0.05) is 55.5 Å². The molecule has 33 heavy (non-hydrogen) atoms. The van der Waals surface area contributed by atoms with E-state index in [0.717, 1.165) is 5.56 Å². The first-order valence-electron chi connectivity index (χ1n) is 10.2. The Balaban J connectivity index is 1.85. The summed E-state index contributed by atoms with van der Waals surface area (Å²) in [5.74, 6) is -1.98. The number of sulfonamides is 1. The summed E-state index contributed by atoms with van der Waals surface area (Å²) in [6.45, 7) is 1.07. The zero-order valence-corrected chi connectivity index (χ0v) is 18.9. The van der Waals surface area contributed by atoms with Gasteiger partial charge >= 0.3 is 12.1 Å². The molecule has 0 bridgehead atoms. The van der Waals surface area contributed by atoms with Gasteiger partial charge in [-0.15, -0.1) is 0 Å². The Morgan fingerprint density at radius 1 is 0.970 bits per heavy atom. The zero-order valence-electron chi connectivity index (χ0n) is 18.1. The average molecular weight is 478 g/mol. The summed E-state index contributed by atoms with van der Waals surface area (Å²) < 4.78 is 32.5. The minimum Gasteiger partial charge on any atom is -0.480 e. The number of nitrogens with one attached hydrogen (secondary N) is 3. The maximum Gasteiger partial charge on any atom is 0.407 e. The molecule has 0 fully saturated rings. The molecule has 0 spiro atoms. The van der Waals surface area contributed by atoms with E-state index in [-0.39, 0.29) is 30.9 Å². The van der Waals surface area contributed by atoms with Crippen LogP contribution in [0.1, 0.15) is 25.3 Å². The number of carbonyl (C=O) groups excluding carboxylic acids is 2. The predicted octanol–water partition coefficient (Wildman–Crippen LogP) is 1.63. The van der Waals surface area contributed by atoms with Gasteiger partial charge in [0.15, 0.2) is 0 Å². The standard InChI is InChI=1S/C22H27N3O7S/c1-2-22(20(27)28,25-33(30,31)18-11-7-4-8-12-18)16-24-19(26)13-14-23-21(29)32-15-17-9-5-3-6-10-17/h3-12,25H,2,13-16H2,1H3,(H,23,29)(H,24,26)(H,27,28)/t22-/m0/s1. The van der Waals surface area contributed by atoms with Gasteiger partial charge in [-0.3, -0.25) is 9.59 Å². The fourth-order valence-corrected chi connectivity index (χ4v) is 4.26. The molecule has 10 nitrogen and oxygen atoms in total. The molecule has 0 aromatic heterocycles. The Morgan fingerprint density at radius 3 is 2.15 bits per heavy atom. The second kappa shape index (κ2) is 12.0. The van der Waals surface area contributed by atoms with Crippen LogP contribution in [0, 0.1) is 0 Å². The van der Waals surface area contributed by atoms with Crippen molar-refractivity contribution in [1.29, 1.82) is 0 Å². The number of hydrogen-bond acceptors (Lipinski definition) is 6. The number of ether oxygens (including phenoxy) is 1. The SMILES string of the molecule is CC[C@@](CNC(=O)CCNC(=O)OCc1ccccc1)(NS(=O)(=O)c1ccccc1)C(=O)O. The molecule has 0 heterocycles. The number of aliphatic carboxylic acids is 1. The van der Waals surface area contributed by atoms with Crippen LogP contribution in [0.4, 0.5) is 4.79 Å². The van der Waals surface area contributed by atoms with Gasteiger partial charge in [0.25, 0.3) is 0 Å². The van der Waals surface area contributed by atoms with E-state index in [2.05, 4.69) is 15.4 Å². The Labute approximate surface area is 192 Å². The molecule has 2 aromatic rings. The van der Waals surface area contributed by atoms with Crippen LogP contribution >= 0.6 is 0 Å². The molecule has 2 aromatic carbocycles. The fourth-order valence-electron chi connectivity index (χ4n) is 2.81. The number of benzene rings is 2. The van der Waals surface area contributed by atoms with Crippen LogP contribution in [0.2, 0.25) is 0 Å². The number of rotatable bonds is 12. The van der Waals surface area contributed by atoms with Gasteiger partial charge in [0.2, 0.25) is 15.9 Å². The van der Waals surface area contributed by atoms with Crippen molar-refractivity contribution in [1.82, 2.24) is 15.4 Å². The molecule has 2 amide bonds. The second-order valence-electron chi connectivity index (χ2n) is 7.17. The zero-order chi connectivity index (χ0) is 24.3. The first kappa shape index (κ1) is 25.8. The second-order valence-corrected chi connectivity index (χ2v) is 8.86. The highest BCUT2D eigenvalue weighted by molar-refractivity contribution is 7.89. The molecule has 1 atom stereocenters. The van der Waals surface area contributed by atoms with Gasteiger partial charge in [0.05, 0.1) is 4.90 Å². The van der Waals surface area contributed by atoms with Crippen LogP contribution < -0.4 is 15.4 Å². The molecule has 0 aliphatic rings. The summed E-state index contributed by atoms with van der Waals surface area (Å²) in [6, 6.07) is 16.4. The Bertz CT molecular complexity index is 1050. The lowest BCUT2D eigenvalue weighted by atomic mass is 9.98. The van der Waals surface area contributed by atoms with Gasteiger partial charge in [-0.2, -0.15) is 4.72 Å². The van der Waals surface area contributed by atoms with Crippen LogP contribution in [0.5, 0.6) is 0 Å². The molecule has 0 aliphatic heterocycles. The van der Waals surface area contributed by atoms with Gasteiger partial charge < -0.3 is 20.5 Å². The highest BCUT2D eigenvalue weighted by Crippen LogP contribution is 2.16. The van der Waals surface area contributed by atoms with E-state index in [4.69, 9.17) is 4.74 Å². The molecule has 0 saturated heterocycles. The van der Waals surface area contributed by atoms with Gasteiger partial charge in [0.1, 0.15) is 12.1 Å². The van der Waals surface area contributed by atoms with Crippen molar-refractivity contribution in [3.05, 3.63) is 66.2 Å². The number of carboxylic acid groups (broad SMARTS) is 1. The molecule has 0 aliphatic carbocycles. The topological polar surface area (TPSA) is 151 Å². The molecule has 0 unspecified atom stereocenters.